The smallest absolute Gasteiger partial charge is 0.123 e. The van der Waals surface area contributed by atoms with Crippen LogP contribution < -0.4 is 0 Å². The molecular weight excluding hydrogens is 398 g/mol. The lowest BCUT2D eigenvalue weighted by Crippen LogP contribution is -2.02. The Labute approximate surface area is 121 Å². The third-order valence-electron chi connectivity index (χ3n) is 2.44. The number of halogens is 3. The number of aliphatic hydroxyl groups excluding tert-OH is 1. The molecule has 1 unspecified atom stereocenters. The number of hydrogen-bond acceptors (Lipinski definition) is 1. The Morgan fingerprint density at radius 1 is 1.12 bits per heavy atom. The van der Waals surface area contributed by atoms with Crippen molar-refractivity contribution in [3.05, 3.63) is 67.5 Å². The van der Waals surface area contributed by atoms with E-state index in [1.54, 1.807) is 12.1 Å². The molecule has 1 N–H and O–H groups in total. The van der Waals surface area contributed by atoms with E-state index < -0.39 is 6.10 Å². The molecule has 0 bridgehead atoms. The van der Waals surface area contributed by atoms with Crippen LogP contribution in [0.3, 0.4) is 0 Å². The summed E-state index contributed by atoms with van der Waals surface area (Å²) in [6.45, 7) is 0. The zero-order chi connectivity index (χ0) is 12.4. The van der Waals surface area contributed by atoms with E-state index >= 15 is 0 Å². The molecular formula is C13H9BrFIO. The predicted molar refractivity (Wildman–Crippen MR) is 77.3 cm³/mol. The van der Waals surface area contributed by atoms with Gasteiger partial charge in [-0.15, -0.1) is 0 Å². The molecule has 0 aliphatic rings. The molecule has 88 valence electrons. The second-order valence-corrected chi connectivity index (χ2v) is 5.70. The summed E-state index contributed by atoms with van der Waals surface area (Å²) in [5.41, 5.74) is 1.49. The number of aliphatic hydroxyl groups is 1. The average molecular weight is 407 g/mol. The van der Waals surface area contributed by atoms with Gasteiger partial charge in [-0.1, -0.05) is 28.1 Å². The van der Waals surface area contributed by atoms with Crippen LogP contribution in [-0.2, 0) is 0 Å². The van der Waals surface area contributed by atoms with Crippen molar-refractivity contribution in [1.82, 2.24) is 0 Å². The van der Waals surface area contributed by atoms with Crippen molar-refractivity contribution in [2.45, 2.75) is 6.10 Å². The van der Waals surface area contributed by atoms with E-state index in [1.165, 1.54) is 12.1 Å². The van der Waals surface area contributed by atoms with Crippen LogP contribution in [0.2, 0.25) is 0 Å². The lowest BCUT2D eigenvalue weighted by Gasteiger charge is -2.13. The second kappa shape index (κ2) is 5.46. The van der Waals surface area contributed by atoms with Crippen LogP contribution in [0, 0.1) is 9.39 Å². The molecule has 0 aromatic heterocycles. The van der Waals surface area contributed by atoms with Crippen LogP contribution in [0.1, 0.15) is 17.2 Å². The molecule has 2 rings (SSSR count). The van der Waals surface area contributed by atoms with Gasteiger partial charge in [-0.3, -0.25) is 0 Å². The maximum Gasteiger partial charge on any atom is 0.123 e. The van der Waals surface area contributed by atoms with E-state index in [1.807, 2.05) is 18.2 Å². The molecule has 4 heteroatoms. The summed E-state index contributed by atoms with van der Waals surface area (Å²) >= 11 is 5.55. The molecule has 17 heavy (non-hydrogen) atoms. The first kappa shape index (κ1) is 13.0. The standard InChI is InChI=1S/C13H9BrFIO/c14-9-3-6-12(16)11(7-9)13(17)8-1-4-10(15)5-2-8/h1-7,13,17H. The molecule has 2 aromatic carbocycles. The minimum atomic E-state index is -0.736. The van der Waals surface area contributed by atoms with Crippen molar-refractivity contribution in [2.75, 3.05) is 0 Å². The van der Waals surface area contributed by atoms with Crippen LogP contribution in [0.25, 0.3) is 0 Å². The third-order valence-corrected chi connectivity index (χ3v) is 3.91. The van der Waals surface area contributed by atoms with Gasteiger partial charge in [0, 0.05) is 8.04 Å². The van der Waals surface area contributed by atoms with E-state index in [0.29, 0.717) is 5.56 Å². The Bertz CT molecular complexity index is 527. The van der Waals surface area contributed by atoms with Crippen molar-refractivity contribution >= 4 is 38.5 Å². The maximum absolute atomic E-state index is 12.8. The summed E-state index contributed by atoms with van der Waals surface area (Å²) in [5.74, 6) is -0.301. The fourth-order valence-electron chi connectivity index (χ4n) is 1.55. The van der Waals surface area contributed by atoms with Crippen molar-refractivity contribution in [3.63, 3.8) is 0 Å². The van der Waals surface area contributed by atoms with Crippen LogP contribution in [-0.4, -0.2) is 5.11 Å². The molecule has 2 aromatic rings. The van der Waals surface area contributed by atoms with Crippen LogP contribution in [0.15, 0.2) is 46.9 Å². The molecule has 1 nitrogen and oxygen atoms in total. The molecule has 0 saturated carbocycles. The van der Waals surface area contributed by atoms with Gasteiger partial charge in [0.2, 0.25) is 0 Å². The van der Waals surface area contributed by atoms with Gasteiger partial charge in [0.25, 0.3) is 0 Å². The van der Waals surface area contributed by atoms with Crippen LogP contribution in [0.4, 0.5) is 4.39 Å². The third kappa shape index (κ3) is 3.05. The van der Waals surface area contributed by atoms with Gasteiger partial charge in [0.1, 0.15) is 11.9 Å². The second-order valence-electron chi connectivity index (χ2n) is 3.62. The first-order valence-corrected chi connectivity index (χ1v) is 6.83. The van der Waals surface area contributed by atoms with Gasteiger partial charge in [-0.25, -0.2) is 4.39 Å². The molecule has 0 aliphatic carbocycles. The van der Waals surface area contributed by atoms with Crippen molar-refractivity contribution < 1.29 is 9.50 Å². The monoisotopic (exact) mass is 406 g/mol. The minimum Gasteiger partial charge on any atom is -0.384 e. The summed E-state index contributed by atoms with van der Waals surface area (Å²) in [7, 11) is 0. The predicted octanol–water partition coefficient (Wildman–Crippen LogP) is 4.27. The van der Waals surface area contributed by atoms with Crippen molar-refractivity contribution in [2.24, 2.45) is 0 Å². The Kier molecular flexibility index (Phi) is 4.17. The van der Waals surface area contributed by atoms with Gasteiger partial charge < -0.3 is 5.11 Å². The SMILES string of the molecule is OC(c1ccc(F)cc1)c1cc(Br)ccc1I. The first-order valence-electron chi connectivity index (χ1n) is 4.96. The number of benzene rings is 2. The lowest BCUT2D eigenvalue weighted by atomic mass is 10.0. The molecule has 0 fully saturated rings. The van der Waals surface area contributed by atoms with Gasteiger partial charge in [-0.2, -0.15) is 0 Å². The molecule has 0 heterocycles. The number of hydrogen-bond donors (Lipinski definition) is 1. The largest absolute Gasteiger partial charge is 0.384 e. The quantitative estimate of drug-likeness (QED) is 0.738. The van der Waals surface area contributed by atoms with Gasteiger partial charge >= 0.3 is 0 Å². The number of rotatable bonds is 2. The molecule has 0 spiro atoms. The van der Waals surface area contributed by atoms with Crippen LogP contribution >= 0.6 is 38.5 Å². The lowest BCUT2D eigenvalue weighted by molar-refractivity contribution is 0.219. The van der Waals surface area contributed by atoms with Gasteiger partial charge in [0.15, 0.2) is 0 Å². The highest BCUT2D eigenvalue weighted by Crippen LogP contribution is 2.28. The zero-order valence-corrected chi connectivity index (χ0v) is 12.4. The van der Waals surface area contributed by atoms with E-state index in [9.17, 15) is 9.50 Å². The molecule has 0 radical (unpaired) electrons. The Morgan fingerprint density at radius 3 is 2.41 bits per heavy atom. The van der Waals surface area contributed by atoms with Gasteiger partial charge in [0.05, 0.1) is 0 Å². The first-order chi connectivity index (χ1) is 8.08. The highest BCUT2D eigenvalue weighted by molar-refractivity contribution is 14.1. The van der Waals surface area contributed by atoms with Crippen molar-refractivity contribution in [1.29, 1.82) is 0 Å². The summed E-state index contributed by atoms with van der Waals surface area (Å²) in [4.78, 5) is 0. The summed E-state index contributed by atoms with van der Waals surface area (Å²) < 4.78 is 14.7. The Hall–Kier alpha value is -0.460. The van der Waals surface area contributed by atoms with E-state index in [4.69, 9.17) is 0 Å². The van der Waals surface area contributed by atoms with Crippen molar-refractivity contribution in [3.8, 4) is 0 Å². The van der Waals surface area contributed by atoms with E-state index in [0.717, 1.165) is 13.6 Å². The molecule has 0 saturated heterocycles. The highest BCUT2D eigenvalue weighted by atomic mass is 127. The topological polar surface area (TPSA) is 20.2 Å². The fourth-order valence-corrected chi connectivity index (χ4v) is 2.56. The normalized spacial score (nSPS) is 12.5. The zero-order valence-electron chi connectivity index (χ0n) is 8.70. The highest BCUT2D eigenvalue weighted by Gasteiger charge is 2.13. The maximum atomic E-state index is 12.8. The van der Waals surface area contributed by atoms with E-state index in [-0.39, 0.29) is 5.82 Å². The fraction of sp³-hybridized carbons (Fsp3) is 0.0769. The van der Waals surface area contributed by atoms with Gasteiger partial charge in [-0.05, 0) is 64.0 Å². The molecule has 1 atom stereocenters. The summed E-state index contributed by atoms with van der Waals surface area (Å²) in [6, 6.07) is 11.6. The Balaban J connectivity index is 2.39. The average Bonchev–Trinajstić information content (AvgIpc) is 2.32. The summed E-state index contributed by atoms with van der Waals surface area (Å²) in [6.07, 6.45) is -0.736. The van der Waals surface area contributed by atoms with Crippen LogP contribution in [0.5, 0.6) is 0 Å². The minimum absolute atomic E-state index is 0.301. The summed E-state index contributed by atoms with van der Waals surface area (Å²) in [5, 5.41) is 10.2. The molecule has 0 aliphatic heterocycles. The van der Waals surface area contributed by atoms with E-state index in [2.05, 4.69) is 38.5 Å². The molecule has 0 amide bonds. The Morgan fingerprint density at radius 2 is 1.76 bits per heavy atom.